The van der Waals surface area contributed by atoms with Crippen LogP contribution in [0.2, 0.25) is 5.02 Å². The average molecular weight is 604 g/mol. The highest BCUT2D eigenvalue weighted by molar-refractivity contribution is 9.10. The third-order valence-corrected chi connectivity index (χ3v) is 7.73. The van der Waals surface area contributed by atoms with Crippen LogP contribution in [0.4, 0.5) is 11.4 Å². The first-order valence-corrected chi connectivity index (χ1v) is 13.1. The molecule has 0 aromatic heterocycles. The first kappa shape index (κ1) is 26.2. The second-order valence-corrected chi connectivity index (χ2v) is 10.6. The second-order valence-electron chi connectivity index (χ2n) is 7.68. The minimum atomic E-state index is -0.348. The third kappa shape index (κ3) is 5.92. The number of rotatable bonds is 7. The molecule has 0 spiro atoms. The lowest BCUT2D eigenvalue weighted by Gasteiger charge is -2.16. The number of benzene rings is 3. The molecule has 1 N–H and O–H groups in total. The number of hydrogen-bond donors (Lipinski definition) is 1. The summed E-state index contributed by atoms with van der Waals surface area (Å²) >= 11 is 16.1. The number of hydrogen-bond acceptors (Lipinski definition) is 6. The van der Waals surface area contributed by atoms with E-state index in [4.69, 9.17) is 33.3 Å². The molecule has 0 radical (unpaired) electrons. The summed E-state index contributed by atoms with van der Waals surface area (Å²) in [6.07, 6.45) is 1.76. The van der Waals surface area contributed by atoms with Gasteiger partial charge in [0.05, 0.1) is 22.7 Å². The van der Waals surface area contributed by atoms with Crippen molar-refractivity contribution in [2.45, 2.75) is 6.92 Å². The van der Waals surface area contributed by atoms with E-state index >= 15 is 0 Å². The molecule has 0 saturated carbocycles. The Labute approximate surface area is 231 Å². The van der Waals surface area contributed by atoms with Crippen molar-refractivity contribution in [2.24, 2.45) is 0 Å². The van der Waals surface area contributed by atoms with Crippen LogP contribution in [0.15, 0.2) is 70.0 Å². The van der Waals surface area contributed by atoms with E-state index in [1.165, 1.54) is 18.9 Å². The van der Waals surface area contributed by atoms with Crippen LogP contribution in [0, 0.1) is 6.92 Å². The van der Waals surface area contributed by atoms with E-state index < -0.39 is 0 Å². The number of aryl methyl sites for hydroxylation is 1. The van der Waals surface area contributed by atoms with E-state index in [-0.39, 0.29) is 18.4 Å². The fourth-order valence-corrected chi connectivity index (χ4v) is 5.16. The molecule has 4 rings (SSSR count). The van der Waals surface area contributed by atoms with Gasteiger partial charge in [0.15, 0.2) is 22.4 Å². The van der Waals surface area contributed by atoms with Gasteiger partial charge in [0.2, 0.25) is 0 Å². The number of nitrogens with zero attached hydrogens (tertiary/aromatic N) is 1. The average Bonchev–Trinajstić information content (AvgIpc) is 3.13. The lowest BCUT2D eigenvalue weighted by atomic mass is 10.1. The summed E-state index contributed by atoms with van der Waals surface area (Å²) in [4.78, 5) is 27.5. The zero-order valence-corrected chi connectivity index (χ0v) is 23.2. The van der Waals surface area contributed by atoms with Crippen molar-refractivity contribution in [3.05, 3.63) is 86.2 Å². The Bertz CT molecular complexity index is 1400. The molecule has 3 aromatic rings. The fraction of sp³-hybridized carbons (Fsp3) is 0.115. The van der Waals surface area contributed by atoms with Gasteiger partial charge in [-0.2, -0.15) is 0 Å². The van der Waals surface area contributed by atoms with Crippen molar-refractivity contribution in [1.29, 1.82) is 0 Å². The largest absolute Gasteiger partial charge is 0.493 e. The maximum absolute atomic E-state index is 13.1. The van der Waals surface area contributed by atoms with Crippen LogP contribution in [0.25, 0.3) is 6.08 Å². The summed E-state index contributed by atoms with van der Waals surface area (Å²) in [7, 11) is 1.51. The summed E-state index contributed by atoms with van der Waals surface area (Å²) in [5.74, 6) is 0.298. The summed E-state index contributed by atoms with van der Waals surface area (Å²) in [6.45, 7) is 1.72. The van der Waals surface area contributed by atoms with Crippen LogP contribution in [0.3, 0.4) is 0 Å². The monoisotopic (exact) mass is 602 g/mol. The van der Waals surface area contributed by atoms with Gasteiger partial charge in [-0.05, 0) is 76.5 Å². The molecular weight excluding hydrogens is 584 g/mol. The van der Waals surface area contributed by atoms with E-state index in [0.29, 0.717) is 31.4 Å². The number of thioether (sulfide) groups is 1. The van der Waals surface area contributed by atoms with E-state index in [1.54, 1.807) is 47.4 Å². The summed E-state index contributed by atoms with van der Waals surface area (Å²) in [5.41, 5.74) is 3.03. The highest BCUT2D eigenvalue weighted by Gasteiger charge is 2.34. The Kier molecular flexibility index (Phi) is 8.35. The Morgan fingerprint density at radius 2 is 1.94 bits per heavy atom. The molecule has 1 aliphatic rings. The highest BCUT2D eigenvalue weighted by Crippen LogP contribution is 2.38. The van der Waals surface area contributed by atoms with Gasteiger partial charge in [-0.3, -0.25) is 14.5 Å². The van der Waals surface area contributed by atoms with Crippen LogP contribution < -0.4 is 19.7 Å². The Balaban J connectivity index is 1.45. The molecule has 1 saturated heterocycles. The minimum absolute atomic E-state index is 0.177. The number of anilines is 2. The van der Waals surface area contributed by atoms with Crippen LogP contribution in [0.5, 0.6) is 11.5 Å². The minimum Gasteiger partial charge on any atom is -0.493 e. The zero-order chi connectivity index (χ0) is 25.8. The van der Waals surface area contributed by atoms with Gasteiger partial charge < -0.3 is 14.8 Å². The number of amides is 2. The number of carbonyl (C=O) groups excluding carboxylic acids is 2. The van der Waals surface area contributed by atoms with Crippen LogP contribution in [-0.4, -0.2) is 29.9 Å². The number of halogens is 2. The summed E-state index contributed by atoms with van der Waals surface area (Å²) in [6, 6.07) is 17.9. The molecule has 10 heteroatoms. The molecule has 0 unspecified atom stereocenters. The zero-order valence-electron chi connectivity index (χ0n) is 19.2. The first-order chi connectivity index (χ1) is 17.3. The Morgan fingerprint density at radius 1 is 1.17 bits per heavy atom. The molecule has 184 valence electrons. The van der Waals surface area contributed by atoms with Gasteiger partial charge in [-0.25, -0.2) is 0 Å². The maximum Gasteiger partial charge on any atom is 0.270 e. The summed E-state index contributed by atoms with van der Waals surface area (Å²) < 4.78 is 12.3. The molecule has 1 aliphatic heterocycles. The molecule has 0 aliphatic carbocycles. The quantitative estimate of drug-likeness (QED) is 0.236. The second kappa shape index (κ2) is 11.5. The number of ether oxygens (including phenoxy) is 2. The first-order valence-electron chi connectivity index (χ1n) is 10.7. The van der Waals surface area contributed by atoms with Crippen LogP contribution >= 0.6 is 51.5 Å². The van der Waals surface area contributed by atoms with Crippen molar-refractivity contribution in [3.63, 3.8) is 0 Å². The van der Waals surface area contributed by atoms with Gasteiger partial charge in [0.25, 0.3) is 11.8 Å². The standard InChI is InChI=1S/C26H20BrClN2O4S2/c1-15-5-3-4-6-20(15)30-25(32)23(36-26(30)35)12-16-7-10-21(22(11-16)33-2)34-14-24(31)29-17-8-9-18(27)19(28)13-17/h3-13H,14H2,1-2H3,(H,29,31)/b23-12+. The number of nitrogens with one attached hydrogen (secondary N) is 1. The molecule has 6 nitrogen and oxygen atoms in total. The number of para-hydroxylation sites is 1. The summed E-state index contributed by atoms with van der Waals surface area (Å²) in [5, 5.41) is 3.22. The van der Waals surface area contributed by atoms with Gasteiger partial charge >= 0.3 is 0 Å². The van der Waals surface area contributed by atoms with Crippen molar-refractivity contribution in [3.8, 4) is 11.5 Å². The van der Waals surface area contributed by atoms with Crippen molar-refractivity contribution >= 4 is 85.1 Å². The van der Waals surface area contributed by atoms with Crippen molar-refractivity contribution < 1.29 is 19.1 Å². The number of thiocarbonyl (C=S) groups is 1. The predicted octanol–water partition coefficient (Wildman–Crippen LogP) is 6.84. The molecule has 3 aromatic carbocycles. The normalized spacial score (nSPS) is 14.3. The Hall–Kier alpha value is -2.85. The number of methoxy groups -OCH3 is 1. The third-order valence-electron chi connectivity index (χ3n) is 5.20. The van der Waals surface area contributed by atoms with Gasteiger partial charge in [0.1, 0.15) is 0 Å². The molecule has 36 heavy (non-hydrogen) atoms. The lowest BCUT2D eigenvalue weighted by Crippen LogP contribution is -2.28. The van der Waals surface area contributed by atoms with Crippen molar-refractivity contribution in [1.82, 2.24) is 0 Å². The fourth-order valence-electron chi connectivity index (χ4n) is 3.45. The SMILES string of the molecule is COc1cc(/C=C2/SC(=S)N(c3ccccc3C)C2=O)ccc1OCC(=O)Nc1ccc(Br)c(Cl)c1. The van der Waals surface area contributed by atoms with Gasteiger partial charge in [-0.15, -0.1) is 0 Å². The molecule has 1 fully saturated rings. The molecular formula is C26H20BrClN2O4S2. The maximum atomic E-state index is 13.1. The van der Waals surface area contributed by atoms with Crippen LogP contribution in [0.1, 0.15) is 11.1 Å². The topological polar surface area (TPSA) is 67.9 Å². The van der Waals surface area contributed by atoms with E-state index in [2.05, 4.69) is 21.2 Å². The molecule has 2 amide bonds. The van der Waals surface area contributed by atoms with E-state index in [9.17, 15) is 9.59 Å². The molecule has 1 heterocycles. The van der Waals surface area contributed by atoms with Crippen molar-refractivity contribution in [2.75, 3.05) is 23.9 Å². The molecule has 0 bridgehead atoms. The predicted molar refractivity (Wildman–Crippen MR) is 153 cm³/mol. The van der Waals surface area contributed by atoms with Gasteiger partial charge in [0, 0.05) is 10.2 Å². The smallest absolute Gasteiger partial charge is 0.270 e. The van der Waals surface area contributed by atoms with Gasteiger partial charge in [-0.1, -0.05) is 59.8 Å². The van der Waals surface area contributed by atoms with E-state index in [1.807, 2.05) is 31.2 Å². The molecule has 0 atom stereocenters. The Morgan fingerprint density at radius 3 is 2.67 bits per heavy atom. The lowest BCUT2D eigenvalue weighted by molar-refractivity contribution is -0.118. The van der Waals surface area contributed by atoms with E-state index in [0.717, 1.165) is 21.3 Å². The number of carbonyl (C=O) groups is 2. The van der Waals surface area contributed by atoms with Crippen LogP contribution in [-0.2, 0) is 9.59 Å². The highest BCUT2D eigenvalue weighted by atomic mass is 79.9.